The molecule has 1 N–H and O–H groups in total. The summed E-state index contributed by atoms with van der Waals surface area (Å²) in [5.41, 5.74) is 3.67. The van der Waals surface area contributed by atoms with Gasteiger partial charge in [0.25, 0.3) is 5.56 Å². The van der Waals surface area contributed by atoms with E-state index in [1.54, 1.807) is 30.6 Å². The molecule has 6 nitrogen and oxygen atoms in total. The summed E-state index contributed by atoms with van der Waals surface area (Å²) in [5, 5.41) is 3.23. The number of fused-ring (bicyclic) bond motifs is 1. The predicted molar refractivity (Wildman–Crippen MR) is 113 cm³/mol. The fraction of sp³-hybridized carbons (Fsp3) is 0.174. The van der Waals surface area contributed by atoms with Gasteiger partial charge in [0.15, 0.2) is 0 Å². The number of halogens is 1. The molecule has 0 unspecified atom stereocenters. The van der Waals surface area contributed by atoms with E-state index in [0.29, 0.717) is 18.0 Å². The molecule has 0 amide bonds. The van der Waals surface area contributed by atoms with Crippen LogP contribution >= 0.6 is 0 Å². The summed E-state index contributed by atoms with van der Waals surface area (Å²) in [5.74, 6) is 0.157. The van der Waals surface area contributed by atoms with Crippen molar-refractivity contribution in [1.29, 1.82) is 0 Å². The molecule has 4 rings (SSSR count). The third-order valence-electron chi connectivity index (χ3n) is 4.62. The van der Waals surface area contributed by atoms with Crippen LogP contribution in [0.15, 0.2) is 71.8 Å². The number of nitrogens with zero attached hydrogens (tertiary/aromatic N) is 3. The van der Waals surface area contributed by atoms with Gasteiger partial charge in [-0.3, -0.25) is 14.3 Å². The van der Waals surface area contributed by atoms with E-state index in [4.69, 9.17) is 4.74 Å². The van der Waals surface area contributed by atoms with Crippen LogP contribution in [0.2, 0.25) is 0 Å². The van der Waals surface area contributed by atoms with Gasteiger partial charge in [-0.2, -0.15) is 0 Å². The second kappa shape index (κ2) is 8.84. The summed E-state index contributed by atoms with van der Waals surface area (Å²) < 4.78 is 20.2. The Balaban J connectivity index is 1.52. The van der Waals surface area contributed by atoms with Crippen LogP contribution in [0.25, 0.3) is 16.7 Å². The van der Waals surface area contributed by atoms with Crippen LogP contribution in [0.1, 0.15) is 18.2 Å². The summed E-state index contributed by atoms with van der Waals surface area (Å²) >= 11 is 0. The lowest BCUT2D eigenvalue weighted by atomic mass is 10.2. The van der Waals surface area contributed by atoms with Crippen molar-refractivity contribution >= 4 is 11.0 Å². The van der Waals surface area contributed by atoms with Gasteiger partial charge in [0, 0.05) is 18.8 Å². The Morgan fingerprint density at radius 2 is 1.90 bits per heavy atom. The van der Waals surface area contributed by atoms with E-state index in [0.717, 1.165) is 28.8 Å². The van der Waals surface area contributed by atoms with Crippen molar-refractivity contribution in [1.82, 2.24) is 19.9 Å². The van der Waals surface area contributed by atoms with E-state index >= 15 is 0 Å². The third kappa shape index (κ3) is 4.52. The third-order valence-corrected chi connectivity index (χ3v) is 4.62. The minimum Gasteiger partial charge on any atom is -0.489 e. The van der Waals surface area contributed by atoms with Gasteiger partial charge in [-0.05, 0) is 48.5 Å². The number of benzene rings is 2. The molecule has 0 atom stereocenters. The lowest BCUT2D eigenvalue weighted by Crippen LogP contribution is -2.17. The van der Waals surface area contributed by atoms with Crippen molar-refractivity contribution in [3.8, 4) is 11.4 Å². The number of pyridine rings is 1. The highest BCUT2D eigenvalue weighted by Crippen LogP contribution is 2.17. The molecule has 0 spiro atoms. The van der Waals surface area contributed by atoms with E-state index < -0.39 is 0 Å². The van der Waals surface area contributed by atoms with Gasteiger partial charge in [-0.1, -0.05) is 19.1 Å². The van der Waals surface area contributed by atoms with Crippen LogP contribution in [0, 0.1) is 5.82 Å². The molecule has 2 aromatic heterocycles. The van der Waals surface area contributed by atoms with Crippen LogP contribution in [-0.4, -0.2) is 21.1 Å². The Labute approximate surface area is 173 Å². The predicted octanol–water partition coefficient (Wildman–Crippen LogP) is 3.61. The number of ether oxygens (including phenoxy) is 1. The lowest BCUT2D eigenvalue weighted by Gasteiger charge is -2.10. The molecule has 4 aromatic rings. The van der Waals surface area contributed by atoms with Gasteiger partial charge in [0.05, 0.1) is 28.6 Å². The zero-order chi connectivity index (χ0) is 20.9. The van der Waals surface area contributed by atoms with Gasteiger partial charge in [-0.25, -0.2) is 9.37 Å². The fourth-order valence-corrected chi connectivity index (χ4v) is 3.04. The van der Waals surface area contributed by atoms with Crippen molar-refractivity contribution < 1.29 is 9.13 Å². The first kappa shape index (κ1) is 19.7. The highest BCUT2D eigenvalue weighted by atomic mass is 19.1. The maximum atomic E-state index is 13.0. The normalized spacial score (nSPS) is 11.0. The molecule has 0 aliphatic carbocycles. The van der Waals surface area contributed by atoms with E-state index in [1.165, 1.54) is 22.8 Å². The van der Waals surface area contributed by atoms with Crippen molar-refractivity contribution in [3.63, 3.8) is 0 Å². The number of aromatic nitrogens is 3. The molecular formula is C23H21FN4O2. The van der Waals surface area contributed by atoms with Crippen molar-refractivity contribution in [3.05, 3.63) is 94.4 Å². The largest absolute Gasteiger partial charge is 0.489 e. The Morgan fingerprint density at radius 3 is 2.67 bits per heavy atom. The van der Waals surface area contributed by atoms with Crippen LogP contribution in [0.4, 0.5) is 4.39 Å². The summed E-state index contributed by atoms with van der Waals surface area (Å²) in [4.78, 5) is 21.6. The molecule has 152 valence electrons. The van der Waals surface area contributed by atoms with Crippen LogP contribution in [0.5, 0.6) is 5.75 Å². The van der Waals surface area contributed by atoms with E-state index in [-0.39, 0.29) is 18.0 Å². The first-order valence-corrected chi connectivity index (χ1v) is 9.69. The van der Waals surface area contributed by atoms with Crippen molar-refractivity contribution in [2.45, 2.75) is 20.1 Å². The molecule has 2 aromatic carbocycles. The van der Waals surface area contributed by atoms with Gasteiger partial charge in [0.2, 0.25) is 0 Å². The van der Waals surface area contributed by atoms with E-state index in [1.807, 2.05) is 25.1 Å². The first-order valence-electron chi connectivity index (χ1n) is 9.69. The van der Waals surface area contributed by atoms with Crippen molar-refractivity contribution in [2.75, 3.05) is 6.54 Å². The Morgan fingerprint density at radius 1 is 1.07 bits per heavy atom. The van der Waals surface area contributed by atoms with Crippen LogP contribution in [-0.2, 0) is 13.2 Å². The molecule has 0 saturated carbocycles. The summed E-state index contributed by atoms with van der Waals surface area (Å²) in [6, 6.07) is 14.7. The molecule has 0 radical (unpaired) electrons. The van der Waals surface area contributed by atoms with Gasteiger partial charge in [0.1, 0.15) is 18.2 Å². The molecular weight excluding hydrogens is 383 g/mol. The van der Waals surface area contributed by atoms with Gasteiger partial charge >= 0.3 is 0 Å². The van der Waals surface area contributed by atoms with Gasteiger partial charge in [-0.15, -0.1) is 0 Å². The first-order chi connectivity index (χ1) is 14.6. The fourth-order valence-electron chi connectivity index (χ4n) is 3.04. The summed E-state index contributed by atoms with van der Waals surface area (Å²) in [7, 11) is 0. The Hall–Kier alpha value is -3.58. The van der Waals surface area contributed by atoms with Crippen molar-refractivity contribution in [2.24, 2.45) is 0 Å². The molecule has 30 heavy (non-hydrogen) atoms. The van der Waals surface area contributed by atoms with Crippen LogP contribution < -0.4 is 15.6 Å². The average molecular weight is 404 g/mol. The summed E-state index contributed by atoms with van der Waals surface area (Å²) in [6.45, 7) is 3.83. The monoisotopic (exact) mass is 404 g/mol. The number of nitrogens with one attached hydrogen (secondary N) is 1. The van der Waals surface area contributed by atoms with Crippen LogP contribution in [0.3, 0.4) is 0 Å². The zero-order valence-corrected chi connectivity index (χ0v) is 16.5. The lowest BCUT2D eigenvalue weighted by molar-refractivity contribution is 0.305. The maximum absolute atomic E-state index is 13.0. The second-order valence-corrected chi connectivity index (χ2v) is 6.80. The molecule has 0 bridgehead atoms. The minimum absolute atomic E-state index is 0.220. The molecule has 7 heteroatoms. The highest BCUT2D eigenvalue weighted by Gasteiger charge is 2.06. The Kier molecular flexibility index (Phi) is 5.81. The topological polar surface area (TPSA) is 69.0 Å². The number of hydrogen-bond donors (Lipinski definition) is 1. The van der Waals surface area contributed by atoms with E-state index in [9.17, 15) is 9.18 Å². The number of hydrogen-bond acceptors (Lipinski definition) is 5. The highest BCUT2D eigenvalue weighted by molar-refractivity contribution is 5.76. The second-order valence-electron chi connectivity index (χ2n) is 6.80. The quantitative estimate of drug-likeness (QED) is 0.510. The smallest absolute Gasteiger partial charge is 0.258 e. The average Bonchev–Trinajstić information content (AvgIpc) is 2.77. The SMILES string of the molecule is CCNCc1cnc2cc(-n3ccc(OCc4ccc(F)cc4)cc3=O)ccc2n1. The van der Waals surface area contributed by atoms with Gasteiger partial charge < -0.3 is 10.1 Å². The molecule has 0 aliphatic heterocycles. The van der Waals surface area contributed by atoms with E-state index in [2.05, 4.69) is 15.3 Å². The summed E-state index contributed by atoms with van der Waals surface area (Å²) in [6.07, 6.45) is 3.40. The number of rotatable bonds is 7. The maximum Gasteiger partial charge on any atom is 0.258 e. The standard InChI is InChI=1S/C23H21FN4O2/c1-2-25-13-18-14-26-22-11-19(7-8-21(22)27-18)28-10-9-20(12-23(28)29)30-15-16-3-5-17(24)6-4-16/h3-12,14,25H,2,13,15H2,1H3. The molecule has 2 heterocycles. The Bertz CT molecular complexity index is 1220. The molecule has 0 fully saturated rings. The molecule has 0 saturated heterocycles. The minimum atomic E-state index is -0.296. The molecule has 0 aliphatic rings. The zero-order valence-electron chi connectivity index (χ0n) is 16.5.